The molecule has 0 N–H and O–H groups in total. The Morgan fingerprint density at radius 3 is 3.00 bits per heavy atom. The van der Waals surface area contributed by atoms with Gasteiger partial charge in [-0.3, -0.25) is 0 Å². The van der Waals surface area contributed by atoms with Crippen LogP contribution in [-0.2, 0) is 0 Å². The molecule has 0 aromatic carbocycles. The van der Waals surface area contributed by atoms with E-state index in [1.54, 1.807) is 19.1 Å². The standard InChI is InChI=1S/C7H8BrN/c1-5-3-4-7(8)9-6(5)2/h3-4H,1-2H3/i1D3. The molecule has 0 saturated heterocycles. The van der Waals surface area contributed by atoms with Crippen LogP contribution in [0.5, 0.6) is 0 Å². The third-order valence-corrected chi connectivity index (χ3v) is 1.49. The average Bonchev–Trinajstić information content (AvgIpc) is 1.83. The molecule has 0 amide bonds. The van der Waals surface area contributed by atoms with Gasteiger partial charge in [0.2, 0.25) is 0 Å². The Hall–Kier alpha value is -0.370. The summed E-state index contributed by atoms with van der Waals surface area (Å²) in [6.07, 6.45) is 0. The second-order valence-corrected chi connectivity index (χ2v) is 2.58. The molecular formula is C7H8BrN. The van der Waals surface area contributed by atoms with Gasteiger partial charge in [-0.25, -0.2) is 4.98 Å². The quantitative estimate of drug-likeness (QED) is 0.571. The predicted octanol–water partition coefficient (Wildman–Crippen LogP) is 2.46. The normalized spacial score (nSPS) is 16.0. The molecule has 2 heteroatoms. The van der Waals surface area contributed by atoms with Crippen LogP contribution in [0.4, 0.5) is 0 Å². The molecule has 0 atom stereocenters. The van der Waals surface area contributed by atoms with E-state index in [2.05, 4.69) is 20.9 Å². The van der Waals surface area contributed by atoms with E-state index in [1.165, 1.54) is 0 Å². The number of hydrogen-bond donors (Lipinski definition) is 0. The maximum Gasteiger partial charge on any atom is 0.106 e. The Labute approximate surface area is 67.5 Å². The molecular weight excluding hydrogens is 178 g/mol. The zero-order valence-electron chi connectivity index (χ0n) is 7.98. The van der Waals surface area contributed by atoms with Crippen LogP contribution in [0.15, 0.2) is 16.7 Å². The van der Waals surface area contributed by atoms with Gasteiger partial charge in [-0.1, -0.05) is 6.07 Å². The third-order valence-electron chi connectivity index (χ3n) is 1.05. The van der Waals surface area contributed by atoms with E-state index in [4.69, 9.17) is 4.11 Å². The molecule has 1 aromatic heterocycles. The van der Waals surface area contributed by atoms with Crippen molar-refractivity contribution in [2.75, 3.05) is 0 Å². The lowest BCUT2D eigenvalue weighted by Crippen LogP contribution is -1.84. The monoisotopic (exact) mass is 188 g/mol. The fourth-order valence-corrected chi connectivity index (χ4v) is 0.929. The van der Waals surface area contributed by atoms with Crippen molar-refractivity contribution >= 4 is 15.9 Å². The van der Waals surface area contributed by atoms with Gasteiger partial charge in [0, 0.05) is 9.81 Å². The summed E-state index contributed by atoms with van der Waals surface area (Å²) >= 11 is 3.17. The SMILES string of the molecule is [2H]C([2H])([2H])c1ccc(Br)nc1C. The second-order valence-electron chi connectivity index (χ2n) is 1.77. The third kappa shape index (κ3) is 1.52. The lowest BCUT2D eigenvalue weighted by Gasteiger charge is -1.96. The second kappa shape index (κ2) is 2.48. The van der Waals surface area contributed by atoms with E-state index in [-0.39, 0.29) is 0 Å². The van der Waals surface area contributed by atoms with Crippen molar-refractivity contribution in [1.82, 2.24) is 4.98 Å². The number of aryl methyl sites for hydroxylation is 2. The van der Waals surface area contributed by atoms with Gasteiger partial charge in [0.1, 0.15) is 4.60 Å². The van der Waals surface area contributed by atoms with E-state index in [9.17, 15) is 0 Å². The smallest absolute Gasteiger partial charge is 0.106 e. The Morgan fingerprint density at radius 2 is 2.44 bits per heavy atom. The first kappa shape index (κ1) is 3.71. The highest BCUT2D eigenvalue weighted by molar-refractivity contribution is 9.10. The highest BCUT2D eigenvalue weighted by atomic mass is 79.9. The van der Waals surface area contributed by atoms with Gasteiger partial charge in [0.05, 0.1) is 0 Å². The van der Waals surface area contributed by atoms with E-state index in [1.807, 2.05) is 0 Å². The number of hydrogen-bond acceptors (Lipinski definition) is 1. The van der Waals surface area contributed by atoms with Crippen molar-refractivity contribution in [3.05, 3.63) is 28.0 Å². The molecule has 0 spiro atoms. The largest absolute Gasteiger partial charge is 0.246 e. The molecule has 0 aliphatic heterocycles. The van der Waals surface area contributed by atoms with Gasteiger partial charge in [-0.2, -0.15) is 0 Å². The zero-order valence-corrected chi connectivity index (χ0v) is 6.57. The lowest BCUT2D eigenvalue weighted by molar-refractivity contribution is 1.12. The summed E-state index contributed by atoms with van der Waals surface area (Å²) in [6.45, 7) is -0.371. The maximum atomic E-state index is 7.16. The number of halogens is 1. The number of pyridine rings is 1. The summed E-state index contributed by atoms with van der Waals surface area (Å²) in [5.41, 5.74) is 0.857. The Kier molecular flexibility index (Phi) is 1.02. The van der Waals surface area contributed by atoms with E-state index >= 15 is 0 Å². The minimum absolute atomic E-state index is 0.311. The van der Waals surface area contributed by atoms with Crippen LogP contribution >= 0.6 is 15.9 Å². The van der Waals surface area contributed by atoms with Crippen molar-refractivity contribution < 1.29 is 4.11 Å². The molecule has 0 bridgehead atoms. The van der Waals surface area contributed by atoms with E-state index in [0.29, 0.717) is 15.9 Å². The van der Waals surface area contributed by atoms with Gasteiger partial charge in [-0.05, 0) is 41.3 Å². The number of aromatic nitrogens is 1. The Balaban J connectivity index is 3.19. The molecule has 48 valence electrons. The first-order valence-corrected chi connectivity index (χ1v) is 3.34. The molecule has 1 rings (SSSR count). The van der Waals surface area contributed by atoms with Gasteiger partial charge in [0.15, 0.2) is 0 Å². The van der Waals surface area contributed by atoms with Crippen molar-refractivity contribution in [1.29, 1.82) is 0 Å². The summed E-state index contributed by atoms with van der Waals surface area (Å²) in [4.78, 5) is 4.00. The molecule has 1 nitrogen and oxygen atoms in total. The minimum Gasteiger partial charge on any atom is -0.246 e. The van der Waals surface area contributed by atoms with Crippen molar-refractivity contribution in [2.45, 2.75) is 13.8 Å². The summed E-state index contributed by atoms with van der Waals surface area (Å²) in [5.74, 6) is 0. The molecule has 1 heterocycles. The molecule has 0 saturated carbocycles. The van der Waals surface area contributed by atoms with E-state index < -0.39 is 6.85 Å². The lowest BCUT2D eigenvalue weighted by atomic mass is 10.2. The van der Waals surface area contributed by atoms with Crippen LogP contribution in [-0.4, -0.2) is 4.98 Å². The van der Waals surface area contributed by atoms with Gasteiger partial charge in [-0.15, -0.1) is 0 Å². The van der Waals surface area contributed by atoms with Crippen molar-refractivity contribution in [2.24, 2.45) is 0 Å². The fourth-order valence-electron chi connectivity index (χ4n) is 0.530. The van der Waals surface area contributed by atoms with Gasteiger partial charge in [0.25, 0.3) is 0 Å². The average molecular weight is 189 g/mol. The molecule has 1 aromatic rings. The molecule has 0 aliphatic rings. The summed E-state index contributed by atoms with van der Waals surface area (Å²) in [7, 11) is 0. The first-order chi connectivity index (χ1) is 5.41. The summed E-state index contributed by atoms with van der Waals surface area (Å²) < 4.78 is 22.1. The van der Waals surface area contributed by atoms with Crippen LogP contribution in [0, 0.1) is 13.8 Å². The molecule has 0 radical (unpaired) electrons. The van der Waals surface area contributed by atoms with Crippen LogP contribution in [0.25, 0.3) is 0 Å². The molecule has 9 heavy (non-hydrogen) atoms. The van der Waals surface area contributed by atoms with Crippen LogP contribution in [0.1, 0.15) is 15.4 Å². The summed E-state index contributed by atoms with van der Waals surface area (Å²) in [6, 6.07) is 3.20. The summed E-state index contributed by atoms with van der Waals surface area (Å²) in [5, 5.41) is 0. The molecule has 0 fully saturated rings. The first-order valence-electron chi connectivity index (χ1n) is 4.05. The number of nitrogens with zero attached hydrogens (tertiary/aromatic N) is 1. The van der Waals surface area contributed by atoms with E-state index in [0.717, 1.165) is 0 Å². The van der Waals surface area contributed by atoms with Crippen molar-refractivity contribution in [3.63, 3.8) is 0 Å². The van der Waals surface area contributed by atoms with Crippen molar-refractivity contribution in [3.8, 4) is 0 Å². The topological polar surface area (TPSA) is 12.9 Å². The Morgan fingerprint density at radius 1 is 1.67 bits per heavy atom. The Bertz CT molecular complexity index is 295. The highest BCUT2D eigenvalue weighted by Gasteiger charge is 1.91. The maximum absolute atomic E-state index is 7.16. The predicted molar refractivity (Wildman–Crippen MR) is 41.4 cm³/mol. The number of rotatable bonds is 0. The molecule has 0 aliphatic carbocycles. The van der Waals surface area contributed by atoms with Crippen LogP contribution < -0.4 is 0 Å². The van der Waals surface area contributed by atoms with Crippen LogP contribution in [0.3, 0.4) is 0 Å². The van der Waals surface area contributed by atoms with Gasteiger partial charge < -0.3 is 0 Å². The highest BCUT2D eigenvalue weighted by Crippen LogP contribution is 2.09. The van der Waals surface area contributed by atoms with Gasteiger partial charge >= 0.3 is 0 Å². The van der Waals surface area contributed by atoms with Crippen LogP contribution in [0.2, 0.25) is 0 Å². The molecule has 0 unspecified atom stereocenters. The zero-order chi connectivity index (χ0) is 9.35. The minimum atomic E-state index is -2.06. The fraction of sp³-hybridized carbons (Fsp3) is 0.286.